The van der Waals surface area contributed by atoms with Gasteiger partial charge in [0.15, 0.2) is 0 Å². The average molecular weight is 491 g/mol. The Bertz CT molecular complexity index is 1480. The number of hydrogen-bond donors (Lipinski definition) is 0. The van der Waals surface area contributed by atoms with Gasteiger partial charge in [-0.2, -0.15) is 10.4 Å². The lowest BCUT2D eigenvalue weighted by molar-refractivity contribution is -0.143. The Kier molecular flexibility index (Phi) is 6.62. The van der Waals surface area contributed by atoms with E-state index in [-0.39, 0.29) is 17.5 Å². The number of para-hydroxylation sites is 1. The molecule has 0 N–H and O–H groups in total. The Morgan fingerprint density at radius 2 is 1.70 bits per heavy atom. The summed E-state index contributed by atoms with van der Waals surface area (Å²) < 4.78 is 1.81. The number of imide groups is 1. The minimum absolute atomic E-state index is 0.0418. The van der Waals surface area contributed by atoms with Crippen LogP contribution in [-0.2, 0) is 9.59 Å². The van der Waals surface area contributed by atoms with E-state index in [2.05, 4.69) is 24.3 Å². The summed E-state index contributed by atoms with van der Waals surface area (Å²) in [6.45, 7) is 5.78. The lowest BCUT2D eigenvalue weighted by atomic mass is 9.88. The summed E-state index contributed by atoms with van der Waals surface area (Å²) in [6, 6.07) is 18.0. The van der Waals surface area contributed by atoms with Gasteiger partial charge < -0.3 is 0 Å². The summed E-state index contributed by atoms with van der Waals surface area (Å²) in [4.78, 5) is 28.4. The van der Waals surface area contributed by atoms with Crippen LogP contribution in [0.1, 0.15) is 55.7 Å². The summed E-state index contributed by atoms with van der Waals surface area (Å²) in [7, 11) is 0. The first-order chi connectivity index (χ1) is 17.9. The highest BCUT2D eigenvalue weighted by Gasteiger charge is 2.40. The number of aryl methyl sites for hydroxylation is 2. The van der Waals surface area contributed by atoms with Crippen LogP contribution < -0.4 is 0 Å². The second-order valence-electron chi connectivity index (χ2n) is 9.97. The van der Waals surface area contributed by atoms with E-state index in [1.165, 1.54) is 4.90 Å². The van der Waals surface area contributed by atoms with Crippen molar-refractivity contribution in [2.75, 3.05) is 0 Å². The Labute approximate surface area is 217 Å². The Balaban J connectivity index is 1.69. The molecule has 0 bridgehead atoms. The van der Waals surface area contributed by atoms with Gasteiger partial charge in [-0.15, -0.1) is 0 Å². The number of amides is 2. The zero-order valence-electron chi connectivity index (χ0n) is 21.5. The molecule has 0 saturated heterocycles. The molecule has 6 nitrogen and oxygen atoms in total. The molecule has 1 aliphatic heterocycles. The number of nitriles is 1. The third kappa shape index (κ3) is 4.53. The van der Waals surface area contributed by atoms with Gasteiger partial charge in [0.25, 0.3) is 11.8 Å². The molecule has 1 aliphatic carbocycles. The Hall–Kier alpha value is -4.24. The lowest BCUT2D eigenvalue weighted by Crippen LogP contribution is -2.49. The van der Waals surface area contributed by atoms with Crippen LogP contribution >= 0.6 is 0 Å². The molecule has 1 saturated carbocycles. The van der Waals surface area contributed by atoms with E-state index in [1.807, 2.05) is 55.1 Å². The third-order valence-electron chi connectivity index (χ3n) is 7.42. The predicted octanol–water partition coefficient (Wildman–Crippen LogP) is 6.08. The molecular formula is C31H30N4O2. The number of hydrogen-bond acceptors (Lipinski definition) is 4. The topological polar surface area (TPSA) is 79.0 Å². The highest BCUT2D eigenvalue weighted by molar-refractivity contribution is 6.20. The van der Waals surface area contributed by atoms with Crippen molar-refractivity contribution in [3.63, 3.8) is 0 Å². The molecule has 2 heterocycles. The van der Waals surface area contributed by atoms with Gasteiger partial charge in [-0.1, -0.05) is 55.2 Å². The fourth-order valence-electron chi connectivity index (χ4n) is 5.33. The van der Waals surface area contributed by atoms with E-state index in [0.29, 0.717) is 11.1 Å². The van der Waals surface area contributed by atoms with Crippen molar-refractivity contribution < 1.29 is 9.59 Å². The van der Waals surface area contributed by atoms with Crippen molar-refractivity contribution in [3.8, 4) is 23.0 Å². The summed E-state index contributed by atoms with van der Waals surface area (Å²) in [5.41, 5.74) is 6.41. The van der Waals surface area contributed by atoms with Crippen molar-refractivity contribution in [2.45, 2.75) is 58.9 Å². The van der Waals surface area contributed by atoms with Crippen LogP contribution in [0.15, 0.2) is 71.4 Å². The SMILES string of the molecule is CC1=C(C#N)C(=O)N(C2CCCCC2)C(=O)/C1=C/c1cn(-c2ccccc2)nc1-c1cc(C)ccc1C. The fourth-order valence-corrected chi connectivity index (χ4v) is 5.33. The molecule has 2 amide bonds. The number of rotatable bonds is 4. The fraction of sp³-hybridized carbons (Fsp3) is 0.290. The summed E-state index contributed by atoms with van der Waals surface area (Å²) in [5, 5.41) is 14.8. The van der Waals surface area contributed by atoms with Crippen LogP contribution in [0.3, 0.4) is 0 Å². The molecule has 2 aromatic carbocycles. The molecular weight excluding hydrogens is 460 g/mol. The maximum atomic E-state index is 13.8. The van der Waals surface area contributed by atoms with Crippen LogP contribution in [-0.4, -0.2) is 32.5 Å². The smallest absolute Gasteiger partial charge is 0.271 e. The third-order valence-corrected chi connectivity index (χ3v) is 7.42. The second-order valence-corrected chi connectivity index (χ2v) is 9.97. The molecule has 2 aliphatic rings. The number of benzene rings is 2. The summed E-state index contributed by atoms with van der Waals surface area (Å²) in [6.07, 6.45) is 8.34. The molecule has 5 rings (SSSR count). The minimum Gasteiger partial charge on any atom is -0.271 e. The van der Waals surface area contributed by atoms with E-state index in [4.69, 9.17) is 5.10 Å². The van der Waals surface area contributed by atoms with E-state index < -0.39 is 5.91 Å². The summed E-state index contributed by atoms with van der Waals surface area (Å²) >= 11 is 0. The molecule has 186 valence electrons. The first-order valence-corrected chi connectivity index (χ1v) is 12.8. The van der Waals surface area contributed by atoms with Crippen molar-refractivity contribution >= 4 is 17.9 Å². The number of carbonyl (C=O) groups is 2. The highest BCUT2D eigenvalue weighted by atomic mass is 16.2. The highest BCUT2D eigenvalue weighted by Crippen LogP contribution is 2.35. The van der Waals surface area contributed by atoms with Crippen LogP contribution in [0.25, 0.3) is 23.0 Å². The average Bonchev–Trinajstić information content (AvgIpc) is 3.33. The van der Waals surface area contributed by atoms with Gasteiger partial charge in [-0.25, -0.2) is 4.68 Å². The van der Waals surface area contributed by atoms with Crippen LogP contribution in [0.4, 0.5) is 0 Å². The van der Waals surface area contributed by atoms with Crippen LogP contribution in [0.2, 0.25) is 0 Å². The van der Waals surface area contributed by atoms with E-state index in [1.54, 1.807) is 13.0 Å². The molecule has 1 fully saturated rings. The van der Waals surface area contributed by atoms with E-state index in [0.717, 1.165) is 65.7 Å². The maximum absolute atomic E-state index is 13.8. The Morgan fingerprint density at radius 1 is 0.973 bits per heavy atom. The molecule has 6 heteroatoms. The van der Waals surface area contributed by atoms with Crippen LogP contribution in [0, 0.1) is 25.2 Å². The first kappa shape index (κ1) is 24.5. The van der Waals surface area contributed by atoms with E-state index >= 15 is 0 Å². The normalized spacial score (nSPS) is 18.0. The molecule has 0 spiro atoms. The monoisotopic (exact) mass is 490 g/mol. The molecule has 37 heavy (non-hydrogen) atoms. The van der Waals surface area contributed by atoms with Gasteiger partial charge in [-0.3, -0.25) is 14.5 Å². The lowest BCUT2D eigenvalue weighted by Gasteiger charge is -2.36. The molecule has 0 unspecified atom stereocenters. The number of carbonyl (C=O) groups excluding carboxylic acids is 2. The van der Waals surface area contributed by atoms with Crippen LogP contribution in [0.5, 0.6) is 0 Å². The molecule has 0 radical (unpaired) electrons. The van der Waals surface area contributed by atoms with Crippen molar-refractivity contribution in [1.29, 1.82) is 5.26 Å². The second kappa shape index (κ2) is 10.0. The quantitative estimate of drug-likeness (QED) is 0.328. The standard InChI is InChI=1S/C31H30N4O2/c1-20-14-15-21(2)26(16-20)29-23(19-34(33-29)24-10-6-4-7-11-24)17-27-22(3)28(18-32)31(37)35(30(27)36)25-12-8-5-9-13-25/h4,6-7,10-11,14-17,19,25H,5,8-9,12-13H2,1-3H3/b27-17+. The van der Waals surface area contributed by atoms with E-state index in [9.17, 15) is 14.9 Å². The summed E-state index contributed by atoms with van der Waals surface area (Å²) in [5.74, 6) is -0.795. The van der Waals surface area contributed by atoms with Gasteiger partial charge in [0.1, 0.15) is 17.3 Å². The molecule has 0 atom stereocenters. The molecule has 3 aromatic rings. The largest absolute Gasteiger partial charge is 0.271 e. The van der Waals surface area contributed by atoms with Gasteiger partial charge in [0.2, 0.25) is 0 Å². The van der Waals surface area contributed by atoms with Gasteiger partial charge in [0.05, 0.1) is 5.69 Å². The maximum Gasteiger partial charge on any atom is 0.271 e. The van der Waals surface area contributed by atoms with Gasteiger partial charge >= 0.3 is 0 Å². The minimum atomic E-state index is -0.469. The molecule has 1 aromatic heterocycles. The zero-order valence-corrected chi connectivity index (χ0v) is 21.5. The predicted molar refractivity (Wildman–Crippen MR) is 143 cm³/mol. The first-order valence-electron chi connectivity index (χ1n) is 12.8. The number of aromatic nitrogens is 2. The zero-order chi connectivity index (χ0) is 26.1. The van der Waals surface area contributed by atoms with Crippen molar-refractivity contribution in [3.05, 3.63) is 88.1 Å². The number of nitrogens with zero attached hydrogens (tertiary/aromatic N) is 4. The van der Waals surface area contributed by atoms with Gasteiger partial charge in [-0.05, 0) is 69.0 Å². The van der Waals surface area contributed by atoms with Crippen molar-refractivity contribution in [1.82, 2.24) is 14.7 Å². The van der Waals surface area contributed by atoms with Crippen molar-refractivity contribution in [2.24, 2.45) is 0 Å². The Morgan fingerprint density at radius 3 is 2.41 bits per heavy atom. The van der Waals surface area contributed by atoms with Gasteiger partial charge in [0, 0.05) is 28.9 Å².